The predicted octanol–water partition coefficient (Wildman–Crippen LogP) is 2.47. The number of hydrogen-bond acceptors (Lipinski definition) is 4. The zero-order valence-electron chi connectivity index (χ0n) is 11.7. The van der Waals surface area contributed by atoms with Crippen LogP contribution in [0.1, 0.15) is 23.0 Å². The smallest absolute Gasteiger partial charge is 0.266 e. The van der Waals surface area contributed by atoms with Crippen molar-refractivity contribution in [2.45, 2.75) is 19.4 Å². The normalized spacial score (nSPS) is 22.7. The summed E-state index contributed by atoms with van der Waals surface area (Å²) in [7, 11) is 0. The van der Waals surface area contributed by atoms with Crippen LogP contribution in [0.15, 0.2) is 18.2 Å². The van der Waals surface area contributed by atoms with Crippen LogP contribution >= 0.6 is 11.3 Å². The van der Waals surface area contributed by atoms with Gasteiger partial charge in [0.2, 0.25) is 0 Å². The Kier molecular flexibility index (Phi) is 3.59. The number of anilines is 1. The molecule has 0 saturated carbocycles. The highest BCUT2D eigenvalue weighted by molar-refractivity contribution is 7.21. The fourth-order valence-corrected chi connectivity index (χ4v) is 3.78. The maximum Gasteiger partial charge on any atom is 0.266 e. The molecule has 0 aliphatic carbocycles. The summed E-state index contributed by atoms with van der Waals surface area (Å²) in [4.78, 5) is 14.8. The van der Waals surface area contributed by atoms with Crippen molar-refractivity contribution in [3.63, 3.8) is 0 Å². The summed E-state index contributed by atoms with van der Waals surface area (Å²) in [6, 6.07) is 4.37. The van der Waals surface area contributed by atoms with E-state index in [1.54, 1.807) is 11.0 Å². The first-order valence-electron chi connectivity index (χ1n) is 6.92. The van der Waals surface area contributed by atoms with Crippen molar-refractivity contribution in [1.82, 2.24) is 4.90 Å². The maximum absolute atomic E-state index is 13.3. The first kappa shape index (κ1) is 14.3. The molecule has 3 N–H and O–H groups in total. The number of amides is 1. The van der Waals surface area contributed by atoms with Gasteiger partial charge in [-0.15, -0.1) is 11.3 Å². The van der Waals surface area contributed by atoms with Gasteiger partial charge in [-0.2, -0.15) is 0 Å². The number of piperidine rings is 1. The molecule has 1 amide bonds. The van der Waals surface area contributed by atoms with Crippen LogP contribution < -0.4 is 5.73 Å². The third kappa shape index (κ3) is 2.49. The van der Waals surface area contributed by atoms with Gasteiger partial charge in [0.1, 0.15) is 10.7 Å². The Bertz CT molecular complexity index is 700. The molecule has 2 aromatic rings. The van der Waals surface area contributed by atoms with Crippen molar-refractivity contribution in [3.05, 3.63) is 28.9 Å². The van der Waals surface area contributed by atoms with Crippen molar-refractivity contribution in [1.29, 1.82) is 0 Å². The van der Waals surface area contributed by atoms with E-state index < -0.39 is 0 Å². The van der Waals surface area contributed by atoms with Gasteiger partial charge in [-0.25, -0.2) is 4.39 Å². The van der Waals surface area contributed by atoms with Crippen molar-refractivity contribution >= 4 is 33.0 Å². The lowest BCUT2D eigenvalue weighted by Crippen LogP contribution is -2.44. The van der Waals surface area contributed by atoms with Gasteiger partial charge < -0.3 is 15.7 Å². The van der Waals surface area contributed by atoms with Gasteiger partial charge in [-0.05, 0) is 30.5 Å². The molecule has 0 spiro atoms. The molecule has 1 aromatic carbocycles. The van der Waals surface area contributed by atoms with E-state index in [1.807, 2.05) is 6.92 Å². The molecule has 1 fully saturated rings. The Balaban J connectivity index is 1.93. The fraction of sp³-hybridized carbons (Fsp3) is 0.400. The van der Waals surface area contributed by atoms with E-state index in [1.165, 1.54) is 23.5 Å². The van der Waals surface area contributed by atoms with Crippen LogP contribution in [0.4, 0.5) is 10.1 Å². The Hall–Kier alpha value is -1.66. The van der Waals surface area contributed by atoms with E-state index >= 15 is 0 Å². The second kappa shape index (κ2) is 5.27. The number of likely N-dealkylation sites (tertiary alicyclic amines) is 1. The minimum Gasteiger partial charge on any atom is -0.397 e. The SMILES string of the molecule is CC1CN(C(=O)c2sc3ccc(F)cc3c2N)CCC1O. The van der Waals surface area contributed by atoms with Gasteiger partial charge in [-0.3, -0.25) is 4.79 Å². The molecule has 3 rings (SSSR count). The monoisotopic (exact) mass is 308 g/mol. The summed E-state index contributed by atoms with van der Waals surface area (Å²) in [5, 5.41) is 10.3. The Morgan fingerprint density at radius 2 is 2.29 bits per heavy atom. The van der Waals surface area contributed by atoms with Crippen LogP contribution in [0.5, 0.6) is 0 Å². The highest BCUT2D eigenvalue weighted by Crippen LogP contribution is 2.35. The van der Waals surface area contributed by atoms with Crippen molar-refractivity contribution in [3.8, 4) is 0 Å². The number of aliphatic hydroxyl groups excluding tert-OH is 1. The highest BCUT2D eigenvalue weighted by atomic mass is 32.1. The number of nitrogens with two attached hydrogens (primary N) is 1. The van der Waals surface area contributed by atoms with Crippen molar-refractivity contribution in [2.75, 3.05) is 18.8 Å². The number of nitrogen functional groups attached to an aromatic ring is 1. The molecule has 1 aromatic heterocycles. The first-order valence-corrected chi connectivity index (χ1v) is 7.74. The third-order valence-corrected chi connectivity index (χ3v) is 5.20. The summed E-state index contributed by atoms with van der Waals surface area (Å²) in [6.07, 6.45) is 0.217. The van der Waals surface area contributed by atoms with Crippen LogP contribution in [0.2, 0.25) is 0 Å². The number of rotatable bonds is 1. The van der Waals surface area contributed by atoms with Gasteiger partial charge in [0.15, 0.2) is 0 Å². The van der Waals surface area contributed by atoms with Crippen LogP contribution in [-0.2, 0) is 0 Å². The number of nitrogens with zero attached hydrogens (tertiary/aromatic N) is 1. The zero-order chi connectivity index (χ0) is 15.1. The Morgan fingerprint density at radius 1 is 1.52 bits per heavy atom. The molecule has 4 nitrogen and oxygen atoms in total. The third-order valence-electron chi connectivity index (χ3n) is 4.03. The Labute approximate surface area is 126 Å². The molecule has 6 heteroatoms. The average Bonchev–Trinajstić information content (AvgIpc) is 2.78. The summed E-state index contributed by atoms with van der Waals surface area (Å²) in [5.74, 6) is -0.440. The number of carbonyl (C=O) groups excluding carboxylic acids is 1. The maximum atomic E-state index is 13.3. The van der Waals surface area contributed by atoms with Crippen LogP contribution in [0.3, 0.4) is 0 Å². The van der Waals surface area contributed by atoms with E-state index in [9.17, 15) is 14.3 Å². The zero-order valence-corrected chi connectivity index (χ0v) is 12.5. The number of benzene rings is 1. The minimum absolute atomic E-state index is 0.0516. The largest absolute Gasteiger partial charge is 0.397 e. The summed E-state index contributed by atoms with van der Waals surface area (Å²) >= 11 is 1.29. The van der Waals surface area contributed by atoms with Gasteiger partial charge in [0.05, 0.1) is 11.8 Å². The lowest BCUT2D eigenvalue weighted by molar-refractivity contribution is 0.0301. The van der Waals surface area contributed by atoms with Gasteiger partial charge in [0.25, 0.3) is 5.91 Å². The molecule has 1 aliphatic heterocycles. The quantitative estimate of drug-likeness (QED) is 0.850. The minimum atomic E-state index is -0.360. The number of aliphatic hydroxyl groups is 1. The predicted molar refractivity (Wildman–Crippen MR) is 81.9 cm³/mol. The summed E-state index contributed by atoms with van der Waals surface area (Å²) in [6.45, 7) is 2.96. The molecule has 2 atom stereocenters. The van der Waals surface area contributed by atoms with Crippen LogP contribution in [-0.4, -0.2) is 35.1 Å². The number of hydrogen-bond donors (Lipinski definition) is 2. The molecule has 0 bridgehead atoms. The number of thiophene rings is 1. The Morgan fingerprint density at radius 3 is 3.00 bits per heavy atom. The number of fused-ring (bicyclic) bond motifs is 1. The molecule has 1 saturated heterocycles. The summed E-state index contributed by atoms with van der Waals surface area (Å²) in [5.41, 5.74) is 6.37. The van der Waals surface area contributed by atoms with Gasteiger partial charge >= 0.3 is 0 Å². The van der Waals surface area contributed by atoms with Crippen molar-refractivity contribution < 1.29 is 14.3 Å². The molecule has 112 valence electrons. The second-order valence-corrected chi connectivity index (χ2v) is 6.62. The van der Waals surface area contributed by atoms with E-state index in [-0.39, 0.29) is 23.7 Å². The van der Waals surface area contributed by atoms with Crippen LogP contribution in [0.25, 0.3) is 10.1 Å². The summed E-state index contributed by atoms with van der Waals surface area (Å²) < 4.78 is 14.1. The van der Waals surface area contributed by atoms with Gasteiger partial charge in [0, 0.05) is 23.2 Å². The second-order valence-electron chi connectivity index (χ2n) is 5.57. The van der Waals surface area contributed by atoms with Crippen LogP contribution in [0, 0.1) is 11.7 Å². The molecular weight excluding hydrogens is 291 g/mol. The molecule has 2 heterocycles. The standard InChI is InChI=1S/C15H17FN2O2S/c1-8-7-18(5-4-11(8)19)15(20)14-13(17)10-6-9(16)2-3-12(10)21-14/h2-3,6,8,11,19H,4-5,7,17H2,1H3. The van der Waals surface area contributed by atoms with E-state index in [2.05, 4.69) is 0 Å². The molecule has 1 aliphatic rings. The molecule has 2 unspecified atom stereocenters. The van der Waals surface area contributed by atoms with E-state index in [0.29, 0.717) is 35.5 Å². The lowest BCUT2D eigenvalue weighted by atomic mass is 9.96. The average molecular weight is 308 g/mol. The van der Waals surface area contributed by atoms with E-state index in [4.69, 9.17) is 5.73 Å². The molecular formula is C15H17FN2O2S. The highest BCUT2D eigenvalue weighted by Gasteiger charge is 2.29. The topological polar surface area (TPSA) is 66.6 Å². The number of carbonyl (C=O) groups is 1. The first-order chi connectivity index (χ1) is 9.97. The van der Waals surface area contributed by atoms with E-state index in [0.717, 1.165) is 4.70 Å². The molecule has 0 radical (unpaired) electrons. The lowest BCUT2D eigenvalue weighted by Gasteiger charge is -2.34. The number of halogens is 1. The molecule has 21 heavy (non-hydrogen) atoms. The van der Waals surface area contributed by atoms with Crippen molar-refractivity contribution in [2.24, 2.45) is 5.92 Å². The van der Waals surface area contributed by atoms with Gasteiger partial charge in [-0.1, -0.05) is 6.92 Å². The fourth-order valence-electron chi connectivity index (χ4n) is 2.71.